The summed E-state index contributed by atoms with van der Waals surface area (Å²) in [6, 6.07) is 2.13. The van der Waals surface area contributed by atoms with Crippen molar-refractivity contribution >= 4 is 18.4 Å². The van der Waals surface area contributed by atoms with Crippen LogP contribution >= 0.6 is 0 Å². The van der Waals surface area contributed by atoms with E-state index in [2.05, 4.69) is 57.9 Å². The molecular weight excluding hydrogens is 251 g/mol. The second-order valence-corrected chi connectivity index (χ2v) is 6.70. The van der Waals surface area contributed by atoms with E-state index in [1.54, 1.807) is 0 Å². The average molecular weight is 276 g/mol. The minimum absolute atomic E-state index is 0.322. The van der Waals surface area contributed by atoms with E-state index in [-0.39, 0.29) is 18.3 Å². The first-order valence-corrected chi connectivity index (χ1v) is 7.21. The molecule has 1 N–H and O–H groups in total. The summed E-state index contributed by atoms with van der Waals surface area (Å²) in [7, 11) is 1.54. The first kappa shape index (κ1) is 15.3. The fourth-order valence-electron chi connectivity index (χ4n) is 2.26. The Morgan fingerprint density at radius 2 is 1.70 bits per heavy atom. The molecule has 1 saturated heterocycles. The van der Waals surface area contributed by atoms with E-state index < -0.39 is 0 Å². The largest absolute Gasteiger partial charge is 0.496 e. The molecule has 0 unspecified atom stereocenters. The van der Waals surface area contributed by atoms with Gasteiger partial charge < -0.3 is 14.6 Å². The summed E-state index contributed by atoms with van der Waals surface area (Å²) in [6.45, 7) is 12.6. The highest BCUT2D eigenvalue weighted by Crippen LogP contribution is 2.36. The van der Waals surface area contributed by atoms with Gasteiger partial charge in [-0.3, -0.25) is 0 Å². The fraction of sp³-hybridized carbons (Fsp3) is 0.667. The fourth-order valence-corrected chi connectivity index (χ4v) is 2.26. The number of anilines is 1. The third-order valence-electron chi connectivity index (χ3n) is 4.32. The number of hydrogen-bond acceptors (Lipinski definition) is 4. The van der Waals surface area contributed by atoms with Crippen molar-refractivity contribution in [3.05, 3.63) is 17.8 Å². The SMILES string of the molecule is CNc1ncc(B2OC(C)(C)C(C)(C)O2)cc1C(C)C. The van der Waals surface area contributed by atoms with Gasteiger partial charge in [0, 0.05) is 18.7 Å². The summed E-state index contributed by atoms with van der Waals surface area (Å²) >= 11 is 0. The van der Waals surface area contributed by atoms with Crippen molar-refractivity contribution in [3.63, 3.8) is 0 Å². The van der Waals surface area contributed by atoms with Crippen LogP contribution in [0, 0.1) is 0 Å². The second-order valence-electron chi connectivity index (χ2n) is 6.70. The molecule has 0 aromatic carbocycles. The van der Waals surface area contributed by atoms with Crippen molar-refractivity contribution in [2.75, 3.05) is 12.4 Å². The third kappa shape index (κ3) is 2.57. The van der Waals surface area contributed by atoms with Gasteiger partial charge in [0.1, 0.15) is 5.82 Å². The van der Waals surface area contributed by atoms with Crippen LogP contribution in [-0.4, -0.2) is 30.4 Å². The van der Waals surface area contributed by atoms with Crippen molar-refractivity contribution in [2.45, 2.75) is 58.7 Å². The van der Waals surface area contributed by atoms with Gasteiger partial charge in [-0.05, 0) is 39.2 Å². The molecule has 0 radical (unpaired) electrons. The van der Waals surface area contributed by atoms with Crippen LogP contribution in [0.4, 0.5) is 5.82 Å². The summed E-state index contributed by atoms with van der Waals surface area (Å²) in [5.74, 6) is 1.31. The third-order valence-corrected chi connectivity index (χ3v) is 4.32. The Morgan fingerprint density at radius 3 is 2.15 bits per heavy atom. The maximum atomic E-state index is 6.08. The van der Waals surface area contributed by atoms with Gasteiger partial charge >= 0.3 is 7.12 Å². The van der Waals surface area contributed by atoms with E-state index in [1.165, 1.54) is 5.56 Å². The summed E-state index contributed by atoms with van der Waals surface area (Å²) in [5.41, 5.74) is 1.51. The maximum absolute atomic E-state index is 6.08. The van der Waals surface area contributed by atoms with Crippen LogP contribution in [0.15, 0.2) is 12.3 Å². The lowest BCUT2D eigenvalue weighted by Crippen LogP contribution is -2.41. The van der Waals surface area contributed by atoms with Crippen LogP contribution in [0.2, 0.25) is 0 Å². The summed E-state index contributed by atoms with van der Waals surface area (Å²) < 4.78 is 12.2. The number of rotatable bonds is 3. The second kappa shape index (κ2) is 5.04. The Hall–Kier alpha value is -1.07. The minimum Gasteiger partial charge on any atom is -0.399 e. The number of nitrogens with one attached hydrogen (secondary N) is 1. The highest BCUT2D eigenvalue weighted by molar-refractivity contribution is 6.62. The van der Waals surface area contributed by atoms with Gasteiger partial charge in [-0.1, -0.05) is 19.9 Å². The Balaban J connectivity index is 2.34. The zero-order valence-corrected chi connectivity index (χ0v) is 13.6. The highest BCUT2D eigenvalue weighted by atomic mass is 16.7. The monoisotopic (exact) mass is 276 g/mol. The minimum atomic E-state index is -0.351. The molecule has 0 aliphatic carbocycles. The van der Waals surface area contributed by atoms with Crippen LogP contribution < -0.4 is 10.8 Å². The maximum Gasteiger partial charge on any atom is 0.496 e. The van der Waals surface area contributed by atoms with E-state index in [0.717, 1.165) is 11.3 Å². The summed E-state index contributed by atoms with van der Waals surface area (Å²) in [5, 5.41) is 3.13. The van der Waals surface area contributed by atoms with E-state index in [1.807, 2.05) is 13.2 Å². The number of pyridine rings is 1. The van der Waals surface area contributed by atoms with Crippen molar-refractivity contribution < 1.29 is 9.31 Å². The molecule has 0 spiro atoms. The Bertz CT molecular complexity index is 485. The van der Waals surface area contributed by atoms with Gasteiger partial charge in [0.2, 0.25) is 0 Å². The zero-order chi connectivity index (χ0) is 15.1. The normalized spacial score (nSPS) is 20.5. The van der Waals surface area contributed by atoms with Gasteiger partial charge in [-0.25, -0.2) is 4.98 Å². The first-order chi connectivity index (χ1) is 9.18. The quantitative estimate of drug-likeness (QED) is 0.862. The summed E-state index contributed by atoms with van der Waals surface area (Å²) in [4.78, 5) is 4.49. The lowest BCUT2D eigenvalue weighted by Gasteiger charge is -2.32. The molecule has 1 aliphatic heterocycles. The Kier molecular flexibility index (Phi) is 3.86. The van der Waals surface area contributed by atoms with Crippen LogP contribution in [0.3, 0.4) is 0 Å². The van der Waals surface area contributed by atoms with Crippen molar-refractivity contribution in [3.8, 4) is 0 Å². The average Bonchev–Trinajstić information content (AvgIpc) is 2.57. The first-order valence-electron chi connectivity index (χ1n) is 7.21. The van der Waals surface area contributed by atoms with Gasteiger partial charge in [0.25, 0.3) is 0 Å². The number of nitrogens with zero attached hydrogens (tertiary/aromatic N) is 1. The molecule has 2 heterocycles. The van der Waals surface area contributed by atoms with Gasteiger partial charge in [0.05, 0.1) is 11.2 Å². The van der Waals surface area contributed by atoms with Crippen LogP contribution in [0.25, 0.3) is 0 Å². The van der Waals surface area contributed by atoms with E-state index in [0.29, 0.717) is 5.92 Å². The lowest BCUT2D eigenvalue weighted by atomic mass is 9.79. The molecule has 5 heteroatoms. The summed E-state index contributed by atoms with van der Waals surface area (Å²) in [6.07, 6.45) is 1.83. The number of hydrogen-bond donors (Lipinski definition) is 1. The van der Waals surface area contributed by atoms with E-state index in [9.17, 15) is 0 Å². The van der Waals surface area contributed by atoms with Gasteiger partial charge in [-0.15, -0.1) is 0 Å². The molecule has 2 rings (SSSR count). The van der Waals surface area contributed by atoms with Crippen LogP contribution in [0.1, 0.15) is 53.0 Å². The predicted octanol–water partition coefficient (Wildman–Crippen LogP) is 2.55. The molecule has 0 atom stereocenters. The zero-order valence-electron chi connectivity index (χ0n) is 13.6. The molecule has 1 aromatic rings. The lowest BCUT2D eigenvalue weighted by molar-refractivity contribution is 0.00578. The molecule has 20 heavy (non-hydrogen) atoms. The molecule has 0 saturated carbocycles. The van der Waals surface area contributed by atoms with Gasteiger partial charge in [-0.2, -0.15) is 0 Å². The molecule has 1 aromatic heterocycles. The molecule has 4 nitrogen and oxygen atoms in total. The van der Waals surface area contributed by atoms with E-state index in [4.69, 9.17) is 9.31 Å². The Labute approximate surface area is 122 Å². The smallest absolute Gasteiger partial charge is 0.399 e. The Morgan fingerprint density at radius 1 is 1.15 bits per heavy atom. The van der Waals surface area contributed by atoms with Crippen molar-refractivity contribution in [1.29, 1.82) is 0 Å². The van der Waals surface area contributed by atoms with Crippen molar-refractivity contribution in [1.82, 2.24) is 4.98 Å². The van der Waals surface area contributed by atoms with Crippen molar-refractivity contribution in [2.24, 2.45) is 0 Å². The molecular formula is C15H25BN2O2. The predicted molar refractivity (Wildman–Crippen MR) is 83.6 cm³/mol. The van der Waals surface area contributed by atoms with Gasteiger partial charge in [0.15, 0.2) is 0 Å². The molecule has 0 bridgehead atoms. The highest BCUT2D eigenvalue weighted by Gasteiger charge is 2.51. The standard InChI is InChI=1S/C15H25BN2O2/c1-10(2)12-8-11(9-18-13(12)17-7)16-19-14(3,4)15(5,6)20-16/h8-10H,1-7H3,(H,17,18). The molecule has 1 fully saturated rings. The topological polar surface area (TPSA) is 43.4 Å². The van der Waals surface area contributed by atoms with E-state index >= 15 is 0 Å². The van der Waals surface area contributed by atoms with Crippen LogP contribution in [-0.2, 0) is 9.31 Å². The van der Waals surface area contributed by atoms with Crippen LogP contribution in [0.5, 0.6) is 0 Å². The molecule has 110 valence electrons. The molecule has 0 amide bonds. The number of aromatic nitrogens is 1. The molecule has 1 aliphatic rings.